The molecular formula is C30H27N. The monoisotopic (exact) mass is 401 g/mol. The zero-order chi connectivity index (χ0) is 21.5. The Morgan fingerprint density at radius 3 is 1.81 bits per heavy atom. The SMILES string of the molecule is CC1(C)c2ccccc2-c2ccc(-c3c(N)ccc4c3C(C)(C)c3ccccc3-4)cc21. The Balaban J connectivity index is 1.62. The predicted octanol–water partition coefficient (Wildman–Crippen LogP) is 7.55. The summed E-state index contributed by atoms with van der Waals surface area (Å²) in [4.78, 5) is 0. The van der Waals surface area contributed by atoms with Crippen LogP contribution in [-0.4, -0.2) is 0 Å². The molecule has 0 bridgehead atoms. The molecule has 152 valence electrons. The first-order valence-corrected chi connectivity index (χ1v) is 11.1. The first-order chi connectivity index (χ1) is 14.8. The van der Waals surface area contributed by atoms with Crippen LogP contribution in [0.1, 0.15) is 49.9 Å². The molecule has 0 spiro atoms. The molecule has 0 atom stereocenters. The summed E-state index contributed by atoms with van der Waals surface area (Å²) >= 11 is 0. The lowest BCUT2D eigenvalue weighted by atomic mass is 9.77. The molecule has 0 saturated heterocycles. The number of hydrogen-bond acceptors (Lipinski definition) is 1. The Bertz CT molecular complexity index is 1390. The minimum absolute atomic E-state index is 0.0207. The fourth-order valence-corrected chi connectivity index (χ4v) is 6.06. The molecular weight excluding hydrogens is 374 g/mol. The van der Waals surface area contributed by atoms with E-state index in [-0.39, 0.29) is 10.8 Å². The van der Waals surface area contributed by atoms with Gasteiger partial charge in [0, 0.05) is 22.1 Å². The number of rotatable bonds is 1. The van der Waals surface area contributed by atoms with E-state index < -0.39 is 0 Å². The largest absolute Gasteiger partial charge is 0.398 e. The first-order valence-electron chi connectivity index (χ1n) is 11.1. The molecule has 0 heterocycles. The van der Waals surface area contributed by atoms with Crippen molar-refractivity contribution >= 4 is 5.69 Å². The third kappa shape index (κ3) is 2.27. The molecule has 6 rings (SSSR count). The molecule has 0 amide bonds. The summed E-state index contributed by atoms with van der Waals surface area (Å²) in [5.41, 5.74) is 20.7. The van der Waals surface area contributed by atoms with Crippen LogP contribution in [-0.2, 0) is 10.8 Å². The highest BCUT2D eigenvalue weighted by Gasteiger charge is 2.39. The van der Waals surface area contributed by atoms with Crippen LogP contribution in [0.25, 0.3) is 33.4 Å². The molecule has 31 heavy (non-hydrogen) atoms. The normalized spacial score (nSPS) is 16.4. The standard InChI is InChI=1S/C30H27N/c1-29(2)23-11-7-5-9-19(23)21-14-13-18(17-25(21)29)27-26(31)16-15-22-20-10-6-8-12-24(20)30(3,4)28(22)27/h5-17H,31H2,1-4H3. The van der Waals surface area contributed by atoms with Gasteiger partial charge in [-0.1, -0.05) is 94.4 Å². The highest BCUT2D eigenvalue weighted by Crippen LogP contribution is 2.55. The van der Waals surface area contributed by atoms with Gasteiger partial charge < -0.3 is 5.73 Å². The fraction of sp³-hybridized carbons (Fsp3) is 0.200. The van der Waals surface area contributed by atoms with Crippen molar-refractivity contribution in [3.05, 3.63) is 101 Å². The van der Waals surface area contributed by atoms with Crippen molar-refractivity contribution in [3.63, 3.8) is 0 Å². The summed E-state index contributed by atoms with van der Waals surface area (Å²) in [5, 5.41) is 0. The molecule has 0 radical (unpaired) electrons. The molecule has 2 aliphatic carbocycles. The van der Waals surface area contributed by atoms with Crippen LogP contribution >= 0.6 is 0 Å². The zero-order valence-electron chi connectivity index (χ0n) is 18.6. The van der Waals surface area contributed by atoms with E-state index in [2.05, 4.69) is 107 Å². The zero-order valence-corrected chi connectivity index (χ0v) is 18.6. The smallest absolute Gasteiger partial charge is 0.0397 e. The van der Waals surface area contributed by atoms with Gasteiger partial charge >= 0.3 is 0 Å². The molecule has 0 fully saturated rings. The van der Waals surface area contributed by atoms with Gasteiger partial charge in [0.15, 0.2) is 0 Å². The van der Waals surface area contributed by atoms with E-state index in [1.54, 1.807) is 0 Å². The fourth-order valence-electron chi connectivity index (χ4n) is 6.06. The van der Waals surface area contributed by atoms with Crippen molar-refractivity contribution in [2.75, 3.05) is 5.73 Å². The number of nitrogen functional groups attached to an aromatic ring is 1. The molecule has 4 aromatic rings. The van der Waals surface area contributed by atoms with Gasteiger partial charge in [-0.05, 0) is 62.2 Å². The van der Waals surface area contributed by atoms with Crippen LogP contribution in [0.5, 0.6) is 0 Å². The van der Waals surface area contributed by atoms with E-state index in [0.717, 1.165) is 5.69 Å². The van der Waals surface area contributed by atoms with E-state index in [9.17, 15) is 0 Å². The minimum atomic E-state index is -0.0892. The van der Waals surface area contributed by atoms with Gasteiger partial charge in [0.2, 0.25) is 0 Å². The van der Waals surface area contributed by atoms with Gasteiger partial charge in [-0.15, -0.1) is 0 Å². The third-order valence-corrected chi connectivity index (χ3v) is 7.63. The van der Waals surface area contributed by atoms with E-state index in [0.29, 0.717) is 0 Å². The quantitative estimate of drug-likeness (QED) is 0.327. The molecule has 0 aromatic heterocycles. The van der Waals surface area contributed by atoms with E-state index >= 15 is 0 Å². The second-order valence-electron chi connectivity index (χ2n) is 10.1. The van der Waals surface area contributed by atoms with Crippen LogP contribution in [0.2, 0.25) is 0 Å². The molecule has 4 aromatic carbocycles. The number of hydrogen-bond donors (Lipinski definition) is 1. The molecule has 2 N–H and O–H groups in total. The Hall–Kier alpha value is -3.32. The number of nitrogens with two attached hydrogens (primary N) is 1. The molecule has 0 unspecified atom stereocenters. The first kappa shape index (κ1) is 18.4. The number of anilines is 1. The van der Waals surface area contributed by atoms with Crippen LogP contribution < -0.4 is 5.73 Å². The third-order valence-electron chi connectivity index (χ3n) is 7.63. The maximum absolute atomic E-state index is 6.68. The second kappa shape index (κ2) is 5.88. The van der Waals surface area contributed by atoms with Gasteiger partial charge in [-0.25, -0.2) is 0 Å². The predicted molar refractivity (Wildman–Crippen MR) is 131 cm³/mol. The van der Waals surface area contributed by atoms with Gasteiger partial charge in [-0.3, -0.25) is 0 Å². The van der Waals surface area contributed by atoms with Crippen molar-refractivity contribution in [2.24, 2.45) is 0 Å². The Morgan fingerprint density at radius 2 is 1.10 bits per heavy atom. The summed E-state index contributed by atoms with van der Waals surface area (Å²) < 4.78 is 0. The van der Waals surface area contributed by atoms with Crippen molar-refractivity contribution in [1.82, 2.24) is 0 Å². The van der Waals surface area contributed by atoms with Crippen molar-refractivity contribution in [1.29, 1.82) is 0 Å². The molecule has 1 heteroatoms. The highest BCUT2D eigenvalue weighted by atomic mass is 14.6. The summed E-state index contributed by atoms with van der Waals surface area (Å²) in [6, 6.07) is 28.8. The van der Waals surface area contributed by atoms with Crippen molar-refractivity contribution in [3.8, 4) is 33.4 Å². The van der Waals surface area contributed by atoms with Gasteiger partial charge in [-0.2, -0.15) is 0 Å². The lowest BCUT2D eigenvalue weighted by molar-refractivity contribution is 0.659. The molecule has 0 saturated carbocycles. The van der Waals surface area contributed by atoms with Crippen LogP contribution in [0.15, 0.2) is 78.9 Å². The number of fused-ring (bicyclic) bond motifs is 6. The Labute approximate surface area is 184 Å². The number of benzene rings is 4. The second-order valence-corrected chi connectivity index (χ2v) is 10.1. The average molecular weight is 402 g/mol. The van der Waals surface area contributed by atoms with Crippen LogP contribution in [0.4, 0.5) is 5.69 Å². The van der Waals surface area contributed by atoms with Crippen molar-refractivity contribution in [2.45, 2.75) is 38.5 Å². The van der Waals surface area contributed by atoms with Gasteiger partial charge in [0.25, 0.3) is 0 Å². The summed E-state index contributed by atoms with van der Waals surface area (Å²) in [7, 11) is 0. The lowest BCUT2D eigenvalue weighted by Gasteiger charge is -2.26. The van der Waals surface area contributed by atoms with E-state index in [4.69, 9.17) is 5.73 Å². The Kier molecular flexibility index (Phi) is 3.50. The minimum Gasteiger partial charge on any atom is -0.398 e. The molecule has 2 aliphatic rings. The van der Waals surface area contributed by atoms with Crippen molar-refractivity contribution < 1.29 is 0 Å². The molecule has 1 nitrogen and oxygen atoms in total. The lowest BCUT2D eigenvalue weighted by Crippen LogP contribution is -2.17. The van der Waals surface area contributed by atoms with Gasteiger partial charge in [0.05, 0.1) is 0 Å². The van der Waals surface area contributed by atoms with Gasteiger partial charge in [0.1, 0.15) is 0 Å². The summed E-state index contributed by atoms with van der Waals surface area (Å²) in [6.45, 7) is 9.32. The molecule has 0 aliphatic heterocycles. The van der Waals surface area contributed by atoms with Crippen LogP contribution in [0, 0.1) is 0 Å². The van der Waals surface area contributed by atoms with E-state index in [1.165, 1.54) is 55.6 Å². The highest BCUT2D eigenvalue weighted by molar-refractivity contribution is 5.94. The summed E-state index contributed by atoms with van der Waals surface area (Å²) in [6.07, 6.45) is 0. The van der Waals surface area contributed by atoms with E-state index in [1.807, 2.05) is 0 Å². The maximum Gasteiger partial charge on any atom is 0.0397 e. The average Bonchev–Trinajstić information content (AvgIpc) is 3.14. The summed E-state index contributed by atoms with van der Waals surface area (Å²) in [5.74, 6) is 0. The van der Waals surface area contributed by atoms with Crippen LogP contribution in [0.3, 0.4) is 0 Å². The Morgan fingerprint density at radius 1 is 0.548 bits per heavy atom. The maximum atomic E-state index is 6.68. The topological polar surface area (TPSA) is 26.0 Å².